The Balaban J connectivity index is 2.26. The Labute approximate surface area is 135 Å². The van der Waals surface area contributed by atoms with Crippen molar-refractivity contribution in [3.05, 3.63) is 59.7 Å². The van der Waals surface area contributed by atoms with Gasteiger partial charge < -0.3 is 18.9 Å². The molecule has 0 aliphatic carbocycles. The predicted octanol–water partition coefficient (Wildman–Crippen LogP) is 2.98. The average Bonchev–Trinajstić information content (AvgIpc) is 2.62. The van der Waals surface area contributed by atoms with Gasteiger partial charge in [0, 0.05) is 0 Å². The van der Waals surface area contributed by atoms with Gasteiger partial charge in [-0.2, -0.15) is 0 Å². The highest BCUT2D eigenvalue weighted by Gasteiger charge is 2.17. The van der Waals surface area contributed by atoms with E-state index in [0.29, 0.717) is 0 Å². The lowest BCUT2D eigenvalue weighted by Gasteiger charge is -2.19. The summed E-state index contributed by atoms with van der Waals surface area (Å²) in [7, 11) is 4.56. The molecule has 0 saturated carbocycles. The van der Waals surface area contributed by atoms with E-state index in [1.54, 1.807) is 14.2 Å². The highest BCUT2D eigenvalue weighted by atomic mass is 16.6. The molecule has 0 amide bonds. The number of benzene rings is 2. The molecule has 2 aromatic rings. The third-order valence-corrected chi connectivity index (χ3v) is 3.43. The number of ether oxygens (including phenoxy) is 4. The monoisotopic (exact) mass is 316 g/mol. The van der Waals surface area contributed by atoms with Crippen molar-refractivity contribution in [2.75, 3.05) is 27.9 Å². The van der Waals surface area contributed by atoms with Crippen LogP contribution >= 0.6 is 0 Å². The summed E-state index contributed by atoms with van der Waals surface area (Å²) in [6.45, 7) is -0.126. The zero-order valence-electron chi connectivity index (χ0n) is 13.4. The maximum atomic E-state index is 11.4. The molecule has 2 rings (SSSR count). The summed E-state index contributed by atoms with van der Waals surface area (Å²) in [5, 5.41) is 0. The lowest BCUT2D eigenvalue weighted by Crippen LogP contribution is -2.15. The Morgan fingerprint density at radius 2 is 1.26 bits per heavy atom. The molecule has 2 aromatic carbocycles. The summed E-state index contributed by atoms with van der Waals surface area (Å²) >= 11 is 0. The fourth-order valence-electron chi connectivity index (χ4n) is 2.15. The van der Waals surface area contributed by atoms with Gasteiger partial charge >= 0.3 is 5.97 Å². The largest absolute Gasteiger partial charge is 0.497 e. The Hall–Kier alpha value is -2.53. The van der Waals surface area contributed by atoms with Crippen LogP contribution in [-0.4, -0.2) is 33.9 Å². The summed E-state index contributed by atoms with van der Waals surface area (Å²) in [6, 6.07) is 15.0. The van der Waals surface area contributed by atoms with E-state index >= 15 is 0 Å². The van der Waals surface area contributed by atoms with Gasteiger partial charge in [0.1, 0.15) is 24.2 Å². The minimum absolute atomic E-state index is 0.126. The van der Waals surface area contributed by atoms with Crippen molar-refractivity contribution >= 4 is 5.97 Å². The van der Waals surface area contributed by atoms with Gasteiger partial charge in [-0.25, -0.2) is 4.79 Å². The number of carbonyl (C=O) groups excluding carboxylic acids is 1. The molecule has 0 atom stereocenters. The fourth-order valence-corrected chi connectivity index (χ4v) is 2.15. The van der Waals surface area contributed by atoms with E-state index in [1.807, 2.05) is 48.5 Å². The van der Waals surface area contributed by atoms with Crippen LogP contribution in [0.4, 0.5) is 0 Å². The first-order valence-electron chi connectivity index (χ1n) is 7.14. The van der Waals surface area contributed by atoms with Crippen LogP contribution < -0.4 is 9.47 Å². The van der Waals surface area contributed by atoms with Gasteiger partial charge in [-0.1, -0.05) is 24.3 Å². The van der Waals surface area contributed by atoms with Crippen LogP contribution in [0.25, 0.3) is 0 Å². The zero-order chi connectivity index (χ0) is 16.7. The lowest BCUT2D eigenvalue weighted by atomic mass is 10.0. The second-order valence-corrected chi connectivity index (χ2v) is 4.81. The summed E-state index contributed by atoms with van der Waals surface area (Å²) in [5.74, 6) is 1.10. The molecule has 0 heterocycles. The molecule has 0 fully saturated rings. The molecule has 0 unspecified atom stereocenters. The third kappa shape index (κ3) is 4.47. The average molecular weight is 316 g/mol. The van der Waals surface area contributed by atoms with Gasteiger partial charge in [-0.3, -0.25) is 0 Å². The van der Waals surface area contributed by atoms with Gasteiger partial charge in [0.2, 0.25) is 0 Å². The molecule has 0 spiro atoms. The second-order valence-electron chi connectivity index (χ2n) is 4.81. The van der Waals surface area contributed by atoms with Gasteiger partial charge in [-0.15, -0.1) is 0 Å². The summed E-state index contributed by atoms with van der Waals surface area (Å²) in [4.78, 5) is 11.4. The van der Waals surface area contributed by atoms with Crippen molar-refractivity contribution in [2.24, 2.45) is 0 Å². The van der Waals surface area contributed by atoms with Gasteiger partial charge in [0.25, 0.3) is 0 Å². The van der Waals surface area contributed by atoms with Crippen molar-refractivity contribution < 1.29 is 23.7 Å². The van der Waals surface area contributed by atoms with E-state index in [4.69, 9.17) is 14.2 Å². The number of rotatable bonds is 7. The van der Waals surface area contributed by atoms with Crippen molar-refractivity contribution in [1.82, 2.24) is 0 Å². The van der Waals surface area contributed by atoms with E-state index in [0.717, 1.165) is 22.6 Å². The molecule has 5 nitrogen and oxygen atoms in total. The second kappa shape index (κ2) is 8.19. The molecule has 0 aliphatic rings. The van der Waals surface area contributed by atoms with E-state index in [9.17, 15) is 4.79 Å². The number of hydrogen-bond donors (Lipinski definition) is 0. The molecule has 122 valence electrons. The molecular formula is C18H20O5. The maximum Gasteiger partial charge on any atom is 0.331 e. The highest BCUT2D eigenvalue weighted by molar-refractivity contribution is 5.70. The first kappa shape index (κ1) is 16.8. The maximum absolute atomic E-state index is 11.4. The van der Waals surface area contributed by atoms with Gasteiger partial charge in [0.15, 0.2) is 0 Å². The first-order valence-corrected chi connectivity index (χ1v) is 7.14. The van der Waals surface area contributed by atoms with E-state index in [1.165, 1.54) is 7.11 Å². The normalized spacial score (nSPS) is 10.4. The Morgan fingerprint density at radius 1 is 0.826 bits per heavy atom. The summed E-state index contributed by atoms with van der Waals surface area (Å²) < 4.78 is 20.7. The smallest absolute Gasteiger partial charge is 0.331 e. The van der Waals surface area contributed by atoms with E-state index in [-0.39, 0.29) is 12.7 Å². The van der Waals surface area contributed by atoms with Crippen molar-refractivity contribution in [1.29, 1.82) is 0 Å². The van der Waals surface area contributed by atoms with Crippen LogP contribution in [0.5, 0.6) is 11.5 Å². The number of carbonyl (C=O) groups is 1. The fraction of sp³-hybridized carbons (Fsp3) is 0.278. The number of hydrogen-bond acceptors (Lipinski definition) is 5. The summed E-state index contributed by atoms with van der Waals surface area (Å²) in [5.41, 5.74) is 1.83. The minimum Gasteiger partial charge on any atom is -0.497 e. The van der Waals surface area contributed by atoms with Crippen molar-refractivity contribution in [2.45, 2.75) is 6.10 Å². The molecule has 0 bridgehead atoms. The Bertz CT molecular complexity index is 571. The van der Waals surface area contributed by atoms with Gasteiger partial charge in [0.05, 0.1) is 21.3 Å². The lowest BCUT2D eigenvalue weighted by molar-refractivity contribution is -0.147. The molecular weight excluding hydrogens is 296 g/mol. The molecule has 0 saturated heterocycles. The molecule has 0 N–H and O–H groups in total. The van der Waals surface area contributed by atoms with E-state index in [2.05, 4.69) is 4.74 Å². The molecule has 0 aromatic heterocycles. The van der Waals surface area contributed by atoms with Crippen LogP contribution in [0.1, 0.15) is 17.2 Å². The zero-order valence-corrected chi connectivity index (χ0v) is 13.4. The SMILES string of the molecule is COC(=O)COC(c1ccc(OC)cc1)c1ccc(OC)cc1. The standard InChI is InChI=1S/C18H20O5/c1-20-15-8-4-13(5-9-15)18(23-12-17(19)22-3)14-6-10-16(21-2)11-7-14/h4-11,18H,12H2,1-3H3. The molecule has 0 aliphatic heterocycles. The predicted molar refractivity (Wildman–Crippen MR) is 85.8 cm³/mol. The Morgan fingerprint density at radius 3 is 1.61 bits per heavy atom. The topological polar surface area (TPSA) is 54.0 Å². The number of esters is 1. The third-order valence-electron chi connectivity index (χ3n) is 3.43. The quantitative estimate of drug-likeness (QED) is 0.735. The van der Waals surface area contributed by atoms with E-state index < -0.39 is 5.97 Å². The Kier molecular flexibility index (Phi) is 6.00. The molecule has 0 radical (unpaired) electrons. The molecule has 23 heavy (non-hydrogen) atoms. The van der Waals surface area contributed by atoms with Crippen LogP contribution in [0, 0.1) is 0 Å². The van der Waals surface area contributed by atoms with Crippen molar-refractivity contribution in [3.63, 3.8) is 0 Å². The first-order chi connectivity index (χ1) is 11.2. The summed E-state index contributed by atoms with van der Waals surface area (Å²) in [6.07, 6.45) is -0.383. The number of methoxy groups -OCH3 is 3. The van der Waals surface area contributed by atoms with Crippen LogP contribution in [0.15, 0.2) is 48.5 Å². The van der Waals surface area contributed by atoms with Gasteiger partial charge in [-0.05, 0) is 35.4 Å². The van der Waals surface area contributed by atoms with Crippen molar-refractivity contribution in [3.8, 4) is 11.5 Å². The highest BCUT2D eigenvalue weighted by Crippen LogP contribution is 2.28. The van der Waals surface area contributed by atoms with Crippen LogP contribution in [0.2, 0.25) is 0 Å². The minimum atomic E-state index is -0.419. The van der Waals surface area contributed by atoms with Crippen LogP contribution in [0.3, 0.4) is 0 Å². The molecule has 5 heteroatoms. The van der Waals surface area contributed by atoms with Crippen LogP contribution in [-0.2, 0) is 14.3 Å².